The van der Waals surface area contributed by atoms with Gasteiger partial charge in [0.15, 0.2) is 5.52 Å². The maximum absolute atomic E-state index is 11.4. The fourth-order valence-electron chi connectivity index (χ4n) is 2.53. The van der Waals surface area contributed by atoms with Gasteiger partial charge in [0.1, 0.15) is 5.69 Å². The lowest BCUT2D eigenvalue weighted by Gasteiger charge is -2.14. The van der Waals surface area contributed by atoms with Crippen LogP contribution in [0.5, 0.6) is 0 Å². The van der Waals surface area contributed by atoms with E-state index in [9.17, 15) is 10.1 Å². The molecule has 0 spiro atoms. The second-order valence-electron chi connectivity index (χ2n) is 5.76. The number of aliphatic hydroxyl groups excluding tert-OH is 1. The van der Waals surface area contributed by atoms with Gasteiger partial charge in [-0.1, -0.05) is 0 Å². The van der Waals surface area contributed by atoms with Crippen LogP contribution in [0.1, 0.15) is 0 Å². The largest absolute Gasteiger partial charge is 0.395 e. The van der Waals surface area contributed by atoms with Gasteiger partial charge in [0.25, 0.3) is 0 Å². The molecule has 3 rings (SSSR count). The number of hydrogen-bond acceptors (Lipinski definition) is 9. The van der Waals surface area contributed by atoms with E-state index in [2.05, 4.69) is 20.9 Å². The summed E-state index contributed by atoms with van der Waals surface area (Å²) in [6.45, 7) is -0.00435. The topological polar surface area (TPSA) is 130 Å². The zero-order valence-corrected chi connectivity index (χ0v) is 14.3. The maximum atomic E-state index is 11.4. The molecular weight excluding hydrogens is 340 g/mol. The highest BCUT2D eigenvalue weighted by atomic mass is 16.6. The van der Waals surface area contributed by atoms with E-state index in [1.54, 1.807) is 6.07 Å². The Morgan fingerprint density at radius 1 is 1.19 bits per heavy atom. The van der Waals surface area contributed by atoms with Crippen LogP contribution < -0.4 is 15.5 Å². The van der Waals surface area contributed by atoms with Crippen molar-refractivity contribution in [2.75, 3.05) is 42.8 Å². The predicted octanol–water partition coefficient (Wildman–Crippen LogP) is 2.34. The zero-order valence-electron chi connectivity index (χ0n) is 14.3. The van der Waals surface area contributed by atoms with E-state index < -0.39 is 4.92 Å². The Kier molecular flexibility index (Phi) is 4.85. The number of anilines is 4. The van der Waals surface area contributed by atoms with Gasteiger partial charge in [-0.15, -0.1) is 0 Å². The highest BCUT2D eigenvalue weighted by Gasteiger charge is 2.25. The van der Waals surface area contributed by atoms with Crippen molar-refractivity contribution in [2.24, 2.45) is 0 Å². The molecule has 10 heteroatoms. The maximum Gasteiger partial charge on any atom is 0.323 e. The lowest BCUT2D eigenvalue weighted by molar-refractivity contribution is -0.382. The van der Waals surface area contributed by atoms with Gasteiger partial charge in [-0.05, 0) is 40.6 Å². The molecule has 0 bridgehead atoms. The summed E-state index contributed by atoms with van der Waals surface area (Å²) < 4.78 is 4.72. The van der Waals surface area contributed by atoms with Gasteiger partial charge >= 0.3 is 5.69 Å². The second kappa shape index (κ2) is 7.23. The predicted molar refractivity (Wildman–Crippen MR) is 98.1 cm³/mol. The molecule has 1 heterocycles. The normalized spacial score (nSPS) is 10.7. The summed E-state index contributed by atoms with van der Waals surface area (Å²) in [6, 6.07) is 9.21. The van der Waals surface area contributed by atoms with Gasteiger partial charge < -0.3 is 20.6 Å². The Morgan fingerprint density at radius 2 is 1.88 bits per heavy atom. The molecule has 0 aliphatic rings. The summed E-state index contributed by atoms with van der Waals surface area (Å²) in [7, 11) is 3.89. The van der Waals surface area contributed by atoms with Crippen molar-refractivity contribution in [3.05, 3.63) is 40.4 Å². The summed E-state index contributed by atoms with van der Waals surface area (Å²) in [5.41, 5.74) is 2.58. The Hall–Kier alpha value is -3.40. The van der Waals surface area contributed by atoms with Crippen molar-refractivity contribution >= 4 is 39.5 Å². The zero-order chi connectivity index (χ0) is 18.7. The SMILES string of the molecule is CN(C)c1ccc(Nc2cc(NCCO)c([N+](=O)[O-])c3nonc23)cc1. The van der Waals surface area contributed by atoms with Gasteiger partial charge in [-0.2, -0.15) is 0 Å². The number of fused-ring (bicyclic) bond motifs is 1. The molecule has 0 amide bonds. The van der Waals surface area contributed by atoms with Crippen molar-refractivity contribution < 1.29 is 14.7 Å². The van der Waals surface area contributed by atoms with E-state index in [0.717, 1.165) is 11.4 Å². The Balaban J connectivity index is 2.03. The van der Waals surface area contributed by atoms with E-state index in [0.29, 0.717) is 5.69 Å². The number of nitrogens with zero attached hydrogens (tertiary/aromatic N) is 4. The van der Waals surface area contributed by atoms with Gasteiger partial charge in [0.2, 0.25) is 5.52 Å². The van der Waals surface area contributed by atoms with Crippen molar-refractivity contribution in [1.82, 2.24) is 10.3 Å². The molecule has 0 saturated heterocycles. The molecule has 3 aromatic rings. The van der Waals surface area contributed by atoms with Crippen LogP contribution in [0.25, 0.3) is 11.0 Å². The standard InChI is InChI=1S/C16H18N6O4/c1-21(2)11-5-3-10(4-6-11)18-12-9-13(17-7-8-23)16(22(24)25)15-14(12)19-26-20-15/h3-6,9,17-18,23H,7-8H2,1-2H3. The number of nitro benzene ring substituents is 1. The minimum atomic E-state index is -0.554. The molecule has 26 heavy (non-hydrogen) atoms. The van der Waals surface area contributed by atoms with Crippen LogP contribution in [-0.2, 0) is 0 Å². The number of hydrogen-bond donors (Lipinski definition) is 3. The fourth-order valence-corrected chi connectivity index (χ4v) is 2.53. The molecule has 2 aromatic carbocycles. The first-order valence-corrected chi connectivity index (χ1v) is 7.84. The molecule has 0 atom stereocenters. The van der Waals surface area contributed by atoms with E-state index in [1.165, 1.54) is 0 Å². The van der Waals surface area contributed by atoms with Crippen LogP contribution in [0.15, 0.2) is 35.0 Å². The van der Waals surface area contributed by atoms with E-state index >= 15 is 0 Å². The molecule has 136 valence electrons. The van der Waals surface area contributed by atoms with Crippen molar-refractivity contribution in [3.8, 4) is 0 Å². The highest BCUT2D eigenvalue weighted by molar-refractivity contribution is 6.00. The Labute approximate surface area is 148 Å². The molecule has 0 fully saturated rings. The van der Waals surface area contributed by atoms with E-state index in [4.69, 9.17) is 9.74 Å². The third-order valence-corrected chi connectivity index (χ3v) is 3.78. The summed E-state index contributed by atoms with van der Waals surface area (Å²) in [5.74, 6) is 0. The molecule has 0 saturated carbocycles. The fraction of sp³-hybridized carbons (Fsp3) is 0.250. The third-order valence-electron chi connectivity index (χ3n) is 3.78. The Morgan fingerprint density at radius 3 is 2.50 bits per heavy atom. The van der Waals surface area contributed by atoms with Crippen LogP contribution in [0.4, 0.5) is 28.4 Å². The van der Waals surface area contributed by atoms with Crippen molar-refractivity contribution in [1.29, 1.82) is 0 Å². The van der Waals surface area contributed by atoms with Gasteiger partial charge in [0.05, 0.1) is 17.2 Å². The molecule has 10 nitrogen and oxygen atoms in total. The second-order valence-corrected chi connectivity index (χ2v) is 5.76. The molecule has 0 aliphatic heterocycles. The summed E-state index contributed by atoms with van der Waals surface area (Å²) in [4.78, 5) is 12.9. The number of nitro groups is 1. The lowest BCUT2D eigenvalue weighted by atomic mass is 10.1. The minimum absolute atomic E-state index is 0.0327. The Bertz CT molecular complexity index is 922. The average molecular weight is 358 g/mol. The monoisotopic (exact) mass is 358 g/mol. The van der Waals surface area contributed by atoms with Crippen LogP contribution in [-0.4, -0.2) is 47.6 Å². The van der Waals surface area contributed by atoms with E-state index in [-0.39, 0.29) is 35.6 Å². The number of nitrogens with one attached hydrogen (secondary N) is 2. The number of aromatic nitrogens is 2. The van der Waals surface area contributed by atoms with E-state index in [1.807, 2.05) is 43.3 Å². The molecule has 0 aliphatic carbocycles. The number of rotatable bonds is 7. The van der Waals surface area contributed by atoms with Gasteiger partial charge in [-0.25, -0.2) is 4.63 Å². The minimum Gasteiger partial charge on any atom is -0.395 e. The molecule has 1 aromatic heterocycles. The number of aliphatic hydroxyl groups is 1. The quantitative estimate of drug-likeness (QED) is 0.430. The summed E-state index contributed by atoms with van der Waals surface area (Å²) in [5, 5.41) is 33.9. The van der Waals surface area contributed by atoms with Crippen LogP contribution >= 0.6 is 0 Å². The molecule has 3 N–H and O–H groups in total. The molecular formula is C16H18N6O4. The first kappa shape index (κ1) is 17.4. The van der Waals surface area contributed by atoms with Crippen LogP contribution in [0.3, 0.4) is 0 Å². The average Bonchev–Trinajstić information content (AvgIpc) is 3.09. The smallest absolute Gasteiger partial charge is 0.323 e. The van der Waals surface area contributed by atoms with Gasteiger partial charge in [-0.3, -0.25) is 10.1 Å². The van der Waals surface area contributed by atoms with Crippen molar-refractivity contribution in [3.63, 3.8) is 0 Å². The summed E-state index contributed by atoms with van der Waals surface area (Å²) in [6.07, 6.45) is 0. The van der Waals surface area contributed by atoms with Crippen LogP contribution in [0, 0.1) is 10.1 Å². The third kappa shape index (κ3) is 3.35. The summed E-state index contributed by atoms with van der Waals surface area (Å²) >= 11 is 0. The first-order valence-electron chi connectivity index (χ1n) is 7.84. The lowest BCUT2D eigenvalue weighted by Crippen LogP contribution is -2.09. The van der Waals surface area contributed by atoms with Gasteiger partial charge in [0, 0.05) is 32.0 Å². The van der Waals surface area contributed by atoms with Crippen LogP contribution in [0.2, 0.25) is 0 Å². The number of benzene rings is 2. The highest BCUT2D eigenvalue weighted by Crippen LogP contribution is 2.37. The van der Waals surface area contributed by atoms with Crippen molar-refractivity contribution in [2.45, 2.75) is 0 Å². The molecule has 0 radical (unpaired) electrons. The molecule has 0 unspecified atom stereocenters. The first-order chi connectivity index (χ1) is 12.5.